The van der Waals surface area contributed by atoms with E-state index in [1.165, 1.54) is 4.70 Å². The summed E-state index contributed by atoms with van der Waals surface area (Å²) >= 11 is 1.72. The van der Waals surface area contributed by atoms with Gasteiger partial charge in [-0.1, -0.05) is 115 Å². The monoisotopic (exact) mass is 518 g/mol. The quantitative estimate of drug-likeness (QED) is 0.228. The Labute approximate surface area is 230 Å². The average molecular weight is 519 g/mol. The second kappa shape index (κ2) is 10.0. The van der Waals surface area contributed by atoms with Gasteiger partial charge in [-0.25, -0.2) is 19.9 Å². The topological polar surface area (TPSA) is 51.6 Å². The van der Waals surface area contributed by atoms with Crippen LogP contribution < -0.4 is 0 Å². The van der Waals surface area contributed by atoms with E-state index in [0.29, 0.717) is 17.5 Å². The summed E-state index contributed by atoms with van der Waals surface area (Å²) in [5.41, 5.74) is 7.29. The number of hydrogen-bond donors (Lipinski definition) is 0. The fraction of sp³-hybridized carbons (Fsp3) is 0. The SMILES string of the molecule is c1ccc(-c2nc(-c3ccccc3)nc(-c3ccc(-c4cccc(-c5nc6ccccc6s5)c4)cc3)n2)cc1. The van der Waals surface area contributed by atoms with Crippen LogP contribution in [0.2, 0.25) is 0 Å². The van der Waals surface area contributed by atoms with Crippen LogP contribution in [0.5, 0.6) is 0 Å². The van der Waals surface area contributed by atoms with Gasteiger partial charge in [0.2, 0.25) is 0 Å². The lowest BCUT2D eigenvalue weighted by atomic mass is 10.0. The maximum Gasteiger partial charge on any atom is 0.164 e. The molecule has 0 saturated carbocycles. The Balaban J connectivity index is 1.25. The fourth-order valence-electron chi connectivity index (χ4n) is 4.58. The number of hydrogen-bond acceptors (Lipinski definition) is 5. The third-order valence-electron chi connectivity index (χ3n) is 6.58. The van der Waals surface area contributed by atoms with Crippen molar-refractivity contribution in [3.8, 4) is 55.9 Å². The van der Waals surface area contributed by atoms with Gasteiger partial charge < -0.3 is 0 Å². The molecule has 0 aliphatic rings. The predicted octanol–water partition coefficient (Wildman–Crippen LogP) is 8.82. The van der Waals surface area contributed by atoms with Gasteiger partial charge in [0, 0.05) is 22.3 Å². The smallest absolute Gasteiger partial charge is 0.164 e. The molecule has 0 aliphatic heterocycles. The van der Waals surface area contributed by atoms with Crippen LogP contribution in [-0.2, 0) is 0 Å². The van der Waals surface area contributed by atoms with E-state index in [0.717, 1.165) is 43.9 Å². The summed E-state index contributed by atoms with van der Waals surface area (Å²) in [6.07, 6.45) is 0. The van der Waals surface area contributed by atoms with E-state index in [2.05, 4.69) is 66.7 Å². The molecule has 0 unspecified atom stereocenters. The van der Waals surface area contributed by atoms with Crippen molar-refractivity contribution in [1.82, 2.24) is 19.9 Å². The molecule has 0 saturated heterocycles. The highest BCUT2D eigenvalue weighted by Crippen LogP contribution is 2.33. The summed E-state index contributed by atoms with van der Waals surface area (Å²) in [6.45, 7) is 0. The molecule has 0 bridgehead atoms. The van der Waals surface area contributed by atoms with Gasteiger partial charge in [0.15, 0.2) is 17.5 Å². The van der Waals surface area contributed by atoms with Crippen LogP contribution in [0.25, 0.3) is 66.1 Å². The standard InChI is InChI=1S/C34H22N4S/c1-3-10-24(11-4-1)31-36-32(25-12-5-2-6-13-25)38-33(37-31)26-20-18-23(19-21-26)27-14-9-15-28(22-27)34-35-29-16-7-8-17-30(29)39-34/h1-22H. The Hall–Kier alpha value is -5.00. The maximum atomic E-state index is 4.85. The van der Waals surface area contributed by atoms with Crippen molar-refractivity contribution in [2.75, 3.05) is 0 Å². The van der Waals surface area contributed by atoms with Gasteiger partial charge in [0.05, 0.1) is 10.2 Å². The molecule has 5 heteroatoms. The van der Waals surface area contributed by atoms with Crippen molar-refractivity contribution < 1.29 is 0 Å². The first-order valence-electron chi connectivity index (χ1n) is 12.7. The van der Waals surface area contributed by atoms with E-state index in [4.69, 9.17) is 19.9 Å². The highest BCUT2D eigenvalue weighted by atomic mass is 32.1. The van der Waals surface area contributed by atoms with E-state index in [-0.39, 0.29) is 0 Å². The van der Waals surface area contributed by atoms with Crippen molar-refractivity contribution >= 4 is 21.6 Å². The third-order valence-corrected chi connectivity index (χ3v) is 7.66. The summed E-state index contributed by atoms with van der Waals surface area (Å²) in [7, 11) is 0. The summed E-state index contributed by atoms with van der Waals surface area (Å²) in [4.78, 5) is 19.3. The molecule has 0 N–H and O–H groups in total. The van der Waals surface area contributed by atoms with Crippen LogP contribution in [0, 0.1) is 0 Å². The van der Waals surface area contributed by atoms with Crippen molar-refractivity contribution in [3.63, 3.8) is 0 Å². The van der Waals surface area contributed by atoms with E-state index < -0.39 is 0 Å². The molecule has 184 valence electrons. The molecule has 7 aromatic rings. The van der Waals surface area contributed by atoms with Gasteiger partial charge in [-0.15, -0.1) is 11.3 Å². The van der Waals surface area contributed by atoms with Crippen molar-refractivity contribution in [1.29, 1.82) is 0 Å². The second-order valence-electron chi connectivity index (χ2n) is 9.18. The molecular weight excluding hydrogens is 496 g/mol. The predicted molar refractivity (Wildman–Crippen MR) is 160 cm³/mol. The van der Waals surface area contributed by atoms with E-state index in [9.17, 15) is 0 Å². The Kier molecular flexibility index (Phi) is 5.96. The molecule has 4 nitrogen and oxygen atoms in total. The largest absolute Gasteiger partial charge is 0.236 e. The number of benzene rings is 5. The lowest BCUT2D eigenvalue weighted by molar-refractivity contribution is 1.07. The third kappa shape index (κ3) is 4.72. The Morgan fingerprint density at radius 2 is 0.846 bits per heavy atom. The van der Waals surface area contributed by atoms with Crippen LogP contribution in [-0.4, -0.2) is 19.9 Å². The Morgan fingerprint density at radius 3 is 1.46 bits per heavy atom. The van der Waals surface area contributed by atoms with E-state index in [1.54, 1.807) is 11.3 Å². The maximum absolute atomic E-state index is 4.85. The van der Waals surface area contributed by atoms with Crippen molar-refractivity contribution in [2.24, 2.45) is 0 Å². The van der Waals surface area contributed by atoms with Crippen LogP contribution in [0.4, 0.5) is 0 Å². The number of para-hydroxylation sites is 1. The number of rotatable bonds is 5. The normalized spacial score (nSPS) is 11.1. The minimum atomic E-state index is 0.650. The average Bonchev–Trinajstić information content (AvgIpc) is 3.47. The minimum absolute atomic E-state index is 0.650. The molecule has 2 heterocycles. The number of fused-ring (bicyclic) bond motifs is 1. The van der Waals surface area contributed by atoms with Crippen LogP contribution in [0.1, 0.15) is 0 Å². The molecule has 0 aliphatic carbocycles. The molecule has 2 aromatic heterocycles. The lowest BCUT2D eigenvalue weighted by Gasteiger charge is -2.09. The molecule has 0 radical (unpaired) electrons. The Bertz CT molecular complexity index is 1810. The minimum Gasteiger partial charge on any atom is -0.236 e. The zero-order valence-corrected chi connectivity index (χ0v) is 21.7. The molecular formula is C34H22N4S. The molecule has 5 aromatic carbocycles. The summed E-state index contributed by atoms with van der Waals surface area (Å²) < 4.78 is 1.20. The van der Waals surface area contributed by atoms with Gasteiger partial charge in [0.25, 0.3) is 0 Å². The van der Waals surface area contributed by atoms with Gasteiger partial charge in [-0.2, -0.15) is 0 Å². The first kappa shape index (κ1) is 23.1. The summed E-state index contributed by atoms with van der Waals surface area (Å²) in [5.74, 6) is 1.97. The lowest BCUT2D eigenvalue weighted by Crippen LogP contribution is -2.00. The van der Waals surface area contributed by atoms with E-state index >= 15 is 0 Å². The summed E-state index contributed by atoms with van der Waals surface area (Å²) in [6, 6.07) is 45.3. The first-order valence-corrected chi connectivity index (χ1v) is 13.6. The van der Waals surface area contributed by atoms with Gasteiger partial charge in [0.1, 0.15) is 5.01 Å². The molecule has 0 spiro atoms. The molecule has 0 atom stereocenters. The first-order chi connectivity index (χ1) is 19.3. The zero-order chi connectivity index (χ0) is 26.0. The highest BCUT2D eigenvalue weighted by Gasteiger charge is 2.13. The van der Waals surface area contributed by atoms with Gasteiger partial charge in [-0.3, -0.25) is 0 Å². The molecule has 0 fully saturated rings. The molecule has 0 amide bonds. The number of aromatic nitrogens is 4. The number of thiazole rings is 1. The van der Waals surface area contributed by atoms with Gasteiger partial charge in [-0.05, 0) is 29.3 Å². The van der Waals surface area contributed by atoms with Crippen LogP contribution >= 0.6 is 11.3 Å². The van der Waals surface area contributed by atoms with Crippen LogP contribution in [0.15, 0.2) is 133 Å². The fourth-order valence-corrected chi connectivity index (χ4v) is 5.54. The second-order valence-corrected chi connectivity index (χ2v) is 10.2. The van der Waals surface area contributed by atoms with Crippen molar-refractivity contribution in [2.45, 2.75) is 0 Å². The Morgan fingerprint density at radius 1 is 0.359 bits per heavy atom. The highest BCUT2D eigenvalue weighted by molar-refractivity contribution is 7.21. The van der Waals surface area contributed by atoms with Crippen LogP contribution in [0.3, 0.4) is 0 Å². The van der Waals surface area contributed by atoms with Crippen molar-refractivity contribution in [3.05, 3.63) is 133 Å². The molecule has 39 heavy (non-hydrogen) atoms. The number of nitrogens with zero attached hydrogens (tertiary/aromatic N) is 4. The zero-order valence-electron chi connectivity index (χ0n) is 20.9. The van der Waals surface area contributed by atoms with Gasteiger partial charge >= 0.3 is 0 Å². The summed E-state index contributed by atoms with van der Waals surface area (Å²) in [5, 5.41) is 1.03. The van der Waals surface area contributed by atoms with E-state index in [1.807, 2.05) is 66.7 Å². The molecule has 7 rings (SSSR count).